The highest BCUT2D eigenvalue weighted by Crippen LogP contribution is 2.41. The van der Waals surface area contributed by atoms with Crippen LogP contribution in [0.15, 0.2) is 48.8 Å². The largest absolute Gasteiger partial charge is 0.470 e. The van der Waals surface area contributed by atoms with Crippen LogP contribution in [0.5, 0.6) is 17.2 Å². The summed E-state index contributed by atoms with van der Waals surface area (Å²) in [5, 5.41) is 7.80. The Morgan fingerprint density at radius 2 is 2.00 bits per heavy atom. The first kappa shape index (κ1) is 23.4. The Morgan fingerprint density at radius 3 is 2.75 bits per heavy atom. The van der Waals surface area contributed by atoms with E-state index in [0.717, 1.165) is 23.3 Å². The zero-order valence-electron chi connectivity index (χ0n) is 18.8. The second kappa shape index (κ2) is 9.02. The fourth-order valence-electron chi connectivity index (χ4n) is 4.01. The monoisotopic (exact) mass is 499 g/mol. The first-order valence-electron chi connectivity index (χ1n) is 11.0. The number of ether oxygens (including phenoxy) is 2. The summed E-state index contributed by atoms with van der Waals surface area (Å²) >= 11 is 0. The molecule has 0 saturated heterocycles. The fraction of sp³-hybridized carbons (Fsp3) is 0.250. The van der Waals surface area contributed by atoms with Gasteiger partial charge in [-0.05, 0) is 42.8 Å². The number of rotatable bonds is 4. The molecule has 4 heterocycles. The number of nitrogens with one attached hydrogen (secondary N) is 3. The lowest BCUT2D eigenvalue weighted by Crippen LogP contribution is -2.42. The number of nitrogens with zero attached hydrogens (tertiary/aromatic N) is 2. The Morgan fingerprint density at radius 1 is 1.17 bits per heavy atom. The van der Waals surface area contributed by atoms with Crippen LogP contribution >= 0.6 is 0 Å². The summed E-state index contributed by atoms with van der Waals surface area (Å²) in [5.74, 6) is 1.82. The van der Waals surface area contributed by atoms with Gasteiger partial charge >= 0.3 is 12.2 Å². The Kier molecular flexibility index (Phi) is 5.86. The molecule has 36 heavy (non-hydrogen) atoms. The van der Waals surface area contributed by atoms with Gasteiger partial charge in [0, 0.05) is 35.9 Å². The molecule has 186 valence electrons. The van der Waals surface area contributed by atoms with Crippen molar-refractivity contribution in [1.29, 1.82) is 0 Å². The Bertz CT molecular complexity index is 1330. The van der Waals surface area contributed by atoms with Crippen LogP contribution in [0.1, 0.15) is 36.0 Å². The van der Waals surface area contributed by atoms with Gasteiger partial charge in [-0.15, -0.1) is 0 Å². The van der Waals surface area contributed by atoms with Crippen LogP contribution in [-0.2, 0) is 17.4 Å². The molecule has 0 aliphatic carbocycles. The van der Waals surface area contributed by atoms with Crippen molar-refractivity contribution in [3.05, 3.63) is 65.5 Å². The summed E-state index contributed by atoms with van der Waals surface area (Å²) in [5.41, 5.74) is 0.711. The number of halogens is 3. The molecule has 0 radical (unpaired) electrons. The average molecular weight is 499 g/mol. The van der Waals surface area contributed by atoms with Crippen molar-refractivity contribution < 1.29 is 32.2 Å². The number of urea groups is 1. The van der Waals surface area contributed by atoms with Crippen LogP contribution in [0.25, 0.3) is 0 Å². The molecule has 0 fully saturated rings. The van der Waals surface area contributed by atoms with Crippen molar-refractivity contribution in [2.75, 3.05) is 10.6 Å². The second-order valence-corrected chi connectivity index (χ2v) is 8.34. The zero-order chi connectivity index (χ0) is 25.4. The predicted octanol–water partition coefficient (Wildman–Crippen LogP) is 4.82. The number of pyridine rings is 2. The molecule has 3 aromatic rings. The fourth-order valence-corrected chi connectivity index (χ4v) is 4.01. The van der Waals surface area contributed by atoms with Gasteiger partial charge in [0.05, 0.1) is 5.56 Å². The van der Waals surface area contributed by atoms with Crippen molar-refractivity contribution in [2.45, 2.75) is 38.1 Å². The maximum atomic E-state index is 12.7. The minimum absolute atomic E-state index is 0.0313. The van der Waals surface area contributed by atoms with Crippen LogP contribution in [0, 0.1) is 0 Å². The molecule has 1 aromatic carbocycles. The third kappa shape index (κ3) is 4.74. The normalized spacial score (nSPS) is 18.4. The first-order valence-corrected chi connectivity index (χ1v) is 11.0. The minimum Gasteiger partial charge on any atom is -0.470 e. The molecule has 0 saturated carbocycles. The van der Waals surface area contributed by atoms with Crippen molar-refractivity contribution in [2.24, 2.45) is 0 Å². The van der Waals surface area contributed by atoms with Crippen molar-refractivity contribution in [3.8, 4) is 17.2 Å². The molecule has 3 amide bonds. The number of anilines is 2. The molecule has 3 N–H and O–H groups in total. The Hall–Kier alpha value is -4.35. The highest BCUT2D eigenvalue weighted by atomic mass is 19.4. The number of carbonyl (C=O) groups is 2. The number of alkyl halides is 3. The number of benzene rings is 1. The molecule has 2 atom stereocenters. The number of aromatic nitrogens is 2. The van der Waals surface area contributed by atoms with Crippen LogP contribution in [-0.4, -0.2) is 28.1 Å². The lowest BCUT2D eigenvalue weighted by Gasteiger charge is -2.19. The summed E-state index contributed by atoms with van der Waals surface area (Å²) in [6.45, 7) is 1.86. The summed E-state index contributed by atoms with van der Waals surface area (Å²) in [4.78, 5) is 31.8. The van der Waals surface area contributed by atoms with Crippen LogP contribution in [0.4, 0.5) is 29.6 Å². The van der Waals surface area contributed by atoms with Crippen LogP contribution in [0.2, 0.25) is 0 Å². The van der Waals surface area contributed by atoms with Gasteiger partial charge < -0.3 is 20.1 Å². The van der Waals surface area contributed by atoms with Gasteiger partial charge in [-0.3, -0.25) is 10.1 Å². The minimum atomic E-state index is -4.51. The molecule has 2 aliphatic rings. The summed E-state index contributed by atoms with van der Waals surface area (Å²) in [6.07, 6.45) is -2.15. The van der Waals surface area contributed by atoms with Crippen LogP contribution in [0.3, 0.4) is 0 Å². The number of hydrogen-bond acceptors (Lipinski definition) is 6. The molecule has 2 aliphatic heterocycles. The molecule has 5 rings (SSSR count). The van der Waals surface area contributed by atoms with E-state index in [2.05, 4.69) is 25.9 Å². The Balaban J connectivity index is 1.24. The quantitative estimate of drug-likeness (QED) is 0.475. The standard InChI is InChI=1S/C24H20F3N5O4/c1-12-16-10-14(35-18-8-9-28-21-15(18)4-7-20(33)31-21)3-5-17(16)36-22(12)32-23(34)30-19-6-2-13(11-29-19)24(25,26)27/h2-3,5-6,8-12,22H,4,7H2,1H3,(H,28,31,33)(H2,29,30,32,34)/t12-,22?/m0/s1. The summed E-state index contributed by atoms with van der Waals surface area (Å²) in [6, 6.07) is 8.24. The molecule has 1 unspecified atom stereocenters. The maximum Gasteiger partial charge on any atom is 0.417 e. The topological polar surface area (TPSA) is 114 Å². The SMILES string of the molecule is C[C@H]1c2cc(Oc3ccnc4c3CCC(=O)N4)ccc2OC1NC(=O)Nc1ccc(C(F)(F)F)cn1. The number of fused-ring (bicyclic) bond motifs is 2. The molecule has 12 heteroatoms. The van der Waals surface area contributed by atoms with E-state index >= 15 is 0 Å². The molecular weight excluding hydrogens is 479 g/mol. The van der Waals surface area contributed by atoms with E-state index in [0.29, 0.717) is 42.1 Å². The van der Waals surface area contributed by atoms with Crippen molar-refractivity contribution >= 4 is 23.6 Å². The number of hydrogen-bond donors (Lipinski definition) is 3. The average Bonchev–Trinajstić information content (AvgIpc) is 3.13. The predicted molar refractivity (Wildman–Crippen MR) is 122 cm³/mol. The summed E-state index contributed by atoms with van der Waals surface area (Å²) < 4.78 is 50.0. The lowest BCUT2D eigenvalue weighted by molar-refractivity contribution is -0.137. The van der Waals surface area contributed by atoms with Gasteiger partial charge in [0.25, 0.3) is 0 Å². The summed E-state index contributed by atoms with van der Waals surface area (Å²) in [7, 11) is 0. The third-order valence-electron chi connectivity index (χ3n) is 5.89. The van der Waals surface area contributed by atoms with E-state index in [1.54, 1.807) is 24.4 Å². The van der Waals surface area contributed by atoms with Gasteiger partial charge in [-0.25, -0.2) is 14.8 Å². The molecular formula is C24H20F3N5O4. The van der Waals surface area contributed by atoms with Gasteiger partial charge in [0.1, 0.15) is 28.9 Å². The van der Waals surface area contributed by atoms with E-state index in [9.17, 15) is 22.8 Å². The van der Waals surface area contributed by atoms with Gasteiger partial charge in [0.15, 0.2) is 6.23 Å². The Labute approximate surface area is 203 Å². The van der Waals surface area contributed by atoms with Gasteiger partial charge in [-0.1, -0.05) is 6.92 Å². The van der Waals surface area contributed by atoms with Crippen molar-refractivity contribution in [3.63, 3.8) is 0 Å². The number of amides is 3. The smallest absolute Gasteiger partial charge is 0.417 e. The van der Waals surface area contributed by atoms with Crippen molar-refractivity contribution in [1.82, 2.24) is 15.3 Å². The van der Waals surface area contributed by atoms with Gasteiger partial charge in [0.2, 0.25) is 5.91 Å². The van der Waals surface area contributed by atoms with Crippen LogP contribution < -0.4 is 25.4 Å². The molecule has 0 spiro atoms. The molecule has 0 bridgehead atoms. The maximum absolute atomic E-state index is 12.7. The highest BCUT2D eigenvalue weighted by Gasteiger charge is 2.33. The first-order chi connectivity index (χ1) is 17.2. The zero-order valence-corrected chi connectivity index (χ0v) is 18.8. The van der Waals surface area contributed by atoms with E-state index in [-0.39, 0.29) is 17.6 Å². The van der Waals surface area contributed by atoms with E-state index in [1.807, 2.05) is 13.0 Å². The highest BCUT2D eigenvalue weighted by molar-refractivity contribution is 5.93. The third-order valence-corrected chi connectivity index (χ3v) is 5.89. The second-order valence-electron chi connectivity index (χ2n) is 8.34. The van der Waals surface area contributed by atoms with Gasteiger partial charge in [-0.2, -0.15) is 13.2 Å². The van der Waals surface area contributed by atoms with E-state index in [1.165, 1.54) is 0 Å². The number of carbonyl (C=O) groups excluding carboxylic acids is 2. The molecule has 2 aromatic heterocycles. The lowest BCUT2D eigenvalue weighted by atomic mass is 10.0. The van der Waals surface area contributed by atoms with E-state index < -0.39 is 24.0 Å². The van der Waals surface area contributed by atoms with E-state index in [4.69, 9.17) is 9.47 Å². The molecule has 9 nitrogen and oxygen atoms in total.